The van der Waals surface area contributed by atoms with Gasteiger partial charge in [-0.25, -0.2) is 9.59 Å². The van der Waals surface area contributed by atoms with Crippen LogP contribution in [0.3, 0.4) is 0 Å². The molecule has 6 nitrogen and oxygen atoms in total. The molecule has 20 heavy (non-hydrogen) atoms. The van der Waals surface area contributed by atoms with Gasteiger partial charge in [-0.2, -0.15) is 0 Å². The van der Waals surface area contributed by atoms with Gasteiger partial charge in [0.2, 0.25) is 5.60 Å². The van der Waals surface area contributed by atoms with Crippen LogP contribution in [0.5, 0.6) is 0 Å². The third kappa shape index (κ3) is 1.97. The van der Waals surface area contributed by atoms with Crippen LogP contribution < -0.4 is 0 Å². The molecule has 2 aliphatic rings. The molecule has 4 atom stereocenters. The van der Waals surface area contributed by atoms with Gasteiger partial charge in [0.15, 0.2) is 0 Å². The standard InChI is InChI=1S/C14H14O6/c15-9-6-14(7-10(11(9)16)19-13(14)18)20-12(17)8-4-2-1-3-5-8/h1-5,9-11,15-16H,6-7H2. The van der Waals surface area contributed by atoms with Gasteiger partial charge in [0.1, 0.15) is 12.2 Å². The first-order valence-electron chi connectivity index (χ1n) is 6.37. The lowest BCUT2D eigenvalue weighted by atomic mass is 9.82. The van der Waals surface area contributed by atoms with E-state index in [0.29, 0.717) is 5.56 Å². The molecule has 0 amide bonds. The Morgan fingerprint density at radius 1 is 1.25 bits per heavy atom. The molecule has 3 rings (SSSR count). The summed E-state index contributed by atoms with van der Waals surface area (Å²) in [5.74, 6) is -1.35. The molecule has 0 spiro atoms. The summed E-state index contributed by atoms with van der Waals surface area (Å²) in [5, 5.41) is 19.4. The summed E-state index contributed by atoms with van der Waals surface area (Å²) < 4.78 is 10.3. The minimum atomic E-state index is -1.49. The lowest BCUT2D eigenvalue weighted by Crippen LogP contribution is -2.50. The highest BCUT2D eigenvalue weighted by atomic mass is 16.6. The summed E-state index contributed by atoms with van der Waals surface area (Å²) >= 11 is 0. The van der Waals surface area contributed by atoms with Crippen molar-refractivity contribution >= 4 is 11.9 Å². The fourth-order valence-corrected chi connectivity index (χ4v) is 2.69. The number of aliphatic hydroxyl groups excluding tert-OH is 2. The van der Waals surface area contributed by atoms with Gasteiger partial charge in [0, 0.05) is 12.8 Å². The van der Waals surface area contributed by atoms with E-state index in [1.54, 1.807) is 30.3 Å². The van der Waals surface area contributed by atoms with E-state index in [-0.39, 0.29) is 12.8 Å². The molecular formula is C14H14O6. The Morgan fingerprint density at radius 2 is 1.95 bits per heavy atom. The zero-order chi connectivity index (χ0) is 14.3. The van der Waals surface area contributed by atoms with E-state index in [9.17, 15) is 19.8 Å². The van der Waals surface area contributed by atoms with Crippen molar-refractivity contribution in [3.05, 3.63) is 35.9 Å². The maximum Gasteiger partial charge on any atom is 0.351 e. The lowest BCUT2D eigenvalue weighted by Gasteiger charge is -2.33. The SMILES string of the molecule is O=C(OC12CC(O)C(O)C(C1)OC2=O)c1ccccc1. The van der Waals surface area contributed by atoms with Gasteiger partial charge in [-0.1, -0.05) is 18.2 Å². The summed E-state index contributed by atoms with van der Waals surface area (Å²) in [6.07, 6.45) is -3.19. The highest BCUT2D eigenvalue weighted by molar-refractivity contribution is 5.93. The topological polar surface area (TPSA) is 93.1 Å². The van der Waals surface area contributed by atoms with Crippen molar-refractivity contribution < 1.29 is 29.3 Å². The van der Waals surface area contributed by atoms with Gasteiger partial charge in [-0.05, 0) is 12.1 Å². The number of fused-ring (bicyclic) bond motifs is 2. The molecule has 1 saturated heterocycles. The van der Waals surface area contributed by atoms with E-state index >= 15 is 0 Å². The molecule has 1 saturated carbocycles. The number of hydrogen-bond donors (Lipinski definition) is 2. The van der Waals surface area contributed by atoms with E-state index in [1.807, 2.05) is 0 Å². The molecule has 1 aromatic carbocycles. The second-order valence-electron chi connectivity index (χ2n) is 5.16. The van der Waals surface area contributed by atoms with Crippen LogP contribution in [0.1, 0.15) is 23.2 Å². The smallest absolute Gasteiger partial charge is 0.351 e. The molecule has 1 aliphatic heterocycles. The Labute approximate surface area is 114 Å². The van der Waals surface area contributed by atoms with Crippen LogP contribution in [0.25, 0.3) is 0 Å². The number of ether oxygens (including phenoxy) is 2. The van der Waals surface area contributed by atoms with Crippen LogP contribution in [-0.2, 0) is 14.3 Å². The van der Waals surface area contributed by atoms with Crippen LogP contribution >= 0.6 is 0 Å². The third-order valence-corrected chi connectivity index (χ3v) is 3.77. The van der Waals surface area contributed by atoms with Gasteiger partial charge < -0.3 is 19.7 Å². The van der Waals surface area contributed by atoms with Crippen LogP contribution in [-0.4, -0.2) is 46.1 Å². The van der Waals surface area contributed by atoms with Crippen LogP contribution in [0.4, 0.5) is 0 Å². The Morgan fingerprint density at radius 3 is 2.65 bits per heavy atom. The second-order valence-corrected chi connectivity index (χ2v) is 5.16. The summed E-state index contributed by atoms with van der Waals surface area (Å²) in [6.45, 7) is 0. The first-order chi connectivity index (χ1) is 9.52. The molecule has 1 aliphatic carbocycles. The van der Waals surface area contributed by atoms with Gasteiger partial charge in [0.25, 0.3) is 0 Å². The number of rotatable bonds is 2. The molecule has 2 bridgehead atoms. The Balaban J connectivity index is 1.83. The quantitative estimate of drug-likeness (QED) is 0.741. The predicted octanol–water partition coefficient (Wildman–Crippen LogP) is 0.0232. The molecule has 4 unspecified atom stereocenters. The van der Waals surface area contributed by atoms with E-state index in [2.05, 4.69) is 0 Å². The third-order valence-electron chi connectivity index (χ3n) is 3.77. The normalized spacial score (nSPS) is 35.5. The minimum Gasteiger partial charge on any atom is -0.456 e. The highest BCUT2D eigenvalue weighted by Gasteiger charge is 2.60. The van der Waals surface area contributed by atoms with E-state index in [4.69, 9.17) is 9.47 Å². The monoisotopic (exact) mass is 278 g/mol. The molecule has 6 heteroatoms. The number of aliphatic hydroxyl groups is 2. The molecule has 106 valence electrons. The minimum absolute atomic E-state index is 0.0721. The van der Waals surface area contributed by atoms with Gasteiger partial charge in [-0.15, -0.1) is 0 Å². The van der Waals surface area contributed by atoms with Crippen molar-refractivity contribution in [2.24, 2.45) is 0 Å². The van der Waals surface area contributed by atoms with Gasteiger partial charge in [-0.3, -0.25) is 0 Å². The fraction of sp³-hybridized carbons (Fsp3) is 0.429. The maximum absolute atomic E-state index is 12.1. The second kappa shape index (κ2) is 4.57. The van der Waals surface area contributed by atoms with Gasteiger partial charge in [0.05, 0.1) is 11.7 Å². The fourth-order valence-electron chi connectivity index (χ4n) is 2.69. The van der Waals surface area contributed by atoms with Crippen LogP contribution in [0.2, 0.25) is 0 Å². The maximum atomic E-state index is 12.1. The molecule has 0 radical (unpaired) electrons. The largest absolute Gasteiger partial charge is 0.456 e. The molecule has 2 N–H and O–H groups in total. The molecule has 2 fully saturated rings. The van der Waals surface area contributed by atoms with Crippen molar-refractivity contribution in [2.45, 2.75) is 36.8 Å². The summed E-state index contributed by atoms with van der Waals surface area (Å²) in [7, 11) is 0. The average molecular weight is 278 g/mol. The van der Waals surface area contributed by atoms with E-state index in [0.717, 1.165) is 0 Å². The molecular weight excluding hydrogens is 264 g/mol. The van der Waals surface area contributed by atoms with Crippen molar-refractivity contribution in [3.8, 4) is 0 Å². The number of carbonyl (C=O) groups is 2. The van der Waals surface area contributed by atoms with Crippen LogP contribution in [0, 0.1) is 0 Å². The Kier molecular flexibility index (Phi) is 2.99. The lowest BCUT2D eigenvalue weighted by molar-refractivity contribution is -0.155. The van der Waals surface area contributed by atoms with Crippen molar-refractivity contribution in [1.29, 1.82) is 0 Å². The van der Waals surface area contributed by atoms with E-state index < -0.39 is 35.9 Å². The first kappa shape index (κ1) is 13.1. The van der Waals surface area contributed by atoms with Crippen LogP contribution in [0.15, 0.2) is 30.3 Å². The number of benzene rings is 1. The van der Waals surface area contributed by atoms with E-state index in [1.165, 1.54) is 0 Å². The number of hydrogen-bond acceptors (Lipinski definition) is 6. The number of esters is 2. The summed E-state index contributed by atoms with van der Waals surface area (Å²) in [5.41, 5.74) is -1.17. The molecule has 0 aromatic heterocycles. The number of carbonyl (C=O) groups excluding carboxylic acids is 2. The zero-order valence-corrected chi connectivity index (χ0v) is 10.6. The zero-order valence-electron chi connectivity index (χ0n) is 10.6. The van der Waals surface area contributed by atoms with Gasteiger partial charge >= 0.3 is 11.9 Å². The molecule has 1 heterocycles. The van der Waals surface area contributed by atoms with Crippen molar-refractivity contribution in [3.63, 3.8) is 0 Å². The predicted molar refractivity (Wildman–Crippen MR) is 65.7 cm³/mol. The summed E-state index contributed by atoms with van der Waals surface area (Å²) in [4.78, 5) is 24.0. The highest BCUT2D eigenvalue weighted by Crippen LogP contribution is 2.41. The average Bonchev–Trinajstić information content (AvgIpc) is 2.71. The van der Waals surface area contributed by atoms with Crippen molar-refractivity contribution in [1.82, 2.24) is 0 Å². The van der Waals surface area contributed by atoms with Crippen molar-refractivity contribution in [2.75, 3.05) is 0 Å². The first-order valence-corrected chi connectivity index (χ1v) is 6.37. The summed E-state index contributed by atoms with van der Waals surface area (Å²) in [6, 6.07) is 8.28. The Bertz CT molecular complexity index is 542. The molecule has 1 aromatic rings. The Hall–Kier alpha value is -1.92.